The van der Waals surface area contributed by atoms with E-state index in [1.165, 1.54) is 47.4 Å². The molecule has 0 bridgehead atoms. The molecule has 260 valence electrons. The lowest BCUT2D eigenvalue weighted by molar-refractivity contribution is 1.08. The predicted molar refractivity (Wildman–Crippen MR) is 236 cm³/mol. The zero-order valence-corrected chi connectivity index (χ0v) is 30.8. The van der Waals surface area contributed by atoms with Crippen LogP contribution in [0.25, 0.3) is 114 Å². The summed E-state index contributed by atoms with van der Waals surface area (Å²) in [5, 5.41) is 11.9. The van der Waals surface area contributed by atoms with Crippen LogP contribution < -0.4 is 0 Å². The molecule has 0 aliphatic carbocycles. The fraction of sp³-hybridized carbons (Fsp3) is 0. The van der Waals surface area contributed by atoms with E-state index in [0.29, 0.717) is 17.5 Å². The Bertz CT molecular complexity index is 3540. The maximum Gasteiger partial charge on any atom is 0.165 e. The molecule has 3 aromatic heterocycles. The van der Waals surface area contributed by atoms with Crippen LogP contribution in [-0.2, 0) is 0 Å². The highest BCUT2D eigenvalue weighted by Gasteiger charge is 2.22. The second-order valence-electron chi connectivity index (χ2n) is 14.4. The van der Waals surface area contributed by atoms with Crippen molar-refractivity contribution in [2.24, 2.45) is 0 Å². The van der Waals surface area contributed by atoms with Gasteiger partial charge in [-0.05, 0) is 68.7 Å². The van der Waals surface area contributed by atoms with Gasteiger partial charge in [0.15, 0.2) is 17.5 Å². The number of para-hydroxylation sites is 1. The summed E-state index contributed by atoms with van der Waals surface area (Å²) in [4.78, 5) is 15.8. The van der Waals surface area contributed by atoms with Crippen LogP contribution in [0, 0.1) is 0 Å². The summed E-state index contributed by atoms with van der Waals surface area (Å²) in [5.41, 5.74) is 6.51. The van der Waals surface area contributed by atoms with Crippen molar-refractivity contribution in [2.45, 2.75) is 0 Å². The summed E-state index contributed by atoms with van der Waals surface area (Å²) in [6.45, 7) is 0. The summed E-state index contributed by atoms with van der Waals surface area (Å²) < 4.78 is 4.84. The van der Waals surface area contributed by atoms with Gasteiger partial charge in [-0.3, -0.25) is 0 Å². The minimum atomic E-state index is 0.653. The summed E-state index contributed by atoms with van der Waals surface area (Å²) in [5.74, 6) is 1.98. The molecule has 0 unspecified atom stereocenters. The molecular formula is C51H30N4S. The molecule has 9 aromatic carbocycles. The minimum absolute atomic E-state index is 0.653. The molecule has 0 aliphatic rings. The second kappa shape index (κ2) is 12.2. The van der Waals surface area contributed by atoms with Gasteiger partial charge in [-0.2, -0.15) is 0 Å². The Kier molecular flexibility index (Phi) is 6.76. The average molecular weight is 731 g/mol. The monoisotopic (exact) mass is 730 g/mol. The summed E-state index contributed by atoms with van der Waals surface area (Å²) >= 11 is 1.83. The van der Waals surface area contributed by atoms with Crippen LogP contribution in [0.1, 0.15) is 0 Å². The Balaban J connectivity index is 1.14. The first-order chi connectivity index (χ1) is 27.7. The molecule has 12 rings (SSSR count). The van der Waals surface area contributed by atoms with Gasteiger partial charge in [0.05, 0.1) is 11.0 Å². The lowest BCUT2D eigenvalue weighted by Gasteiger charge is -2.13. The molecule has 0 amide bonds. The summed E-state index contributed by atoms with van der Waals surface area (Å²) in [7, 11) is 0. The van der Waals surface area contributed by atoms with Gasteiger partial charge in [0.25, 0.3) is 0 Å². The Labute approximate surface area is 325 Å². The molecule has 0 N–H and O–H groups in total. The largest absolute Gasteiger partial charge is 0.309 e. The van der Waals surface area contributed by atoms with Gasteiger partial charge in [0, 0.05) is 53.3 Å². The van der Waals surface area contributed by atoms with E-state index in [4.69, 9.17) is 15.0 Å². The van der Waals surface area contributed by atoms with Crippen molar-refractivity contribution in [1.82, 2.24) is 19.5 Å². The van der Waals surface area contributed by atoms with E-state index >= 15 is 0 Å². The van der Waals surface area contributed by atoms with Crippen molar-refractivity contribution in [3.63, 3.8) is 0 Å². The summed E-state index contributed by atoms with van der Waals surface area (Å²) in [6.07, 6.45) is 0. The van der Waals surface area contributed by atoms with E-state index in [1.54, 1.807) is 0 Å². The van der Waals surface area contributed by atoms with Gasteiger partial charge < -0.3 is 4.57 Å². The number of benzene rings is 9. The molecular weight excluding hydrogens is 701 g/mol. The van der Waals surface area contributed by atoms with Crippen LogP contribution in [0.4, 0.5) is 0 Å². The summed E-state index contributed by atoms with van der Waals surface area (Å²) in [6, 6.07) is 65.0. The molecule has 0 saturated carbocycles. The number of thiophene rings is 1. The number of aromatic nitrogens is 4. The molecule has 0 fully saturated rings. The predicted octanol–water partition coefficient (Wildman–Crippen LogP) is 13.8. The van der Waals surface area contributed by atoms with Crippen LogP contribution >= 0.6 is 11.3 Å². The zero-order valence-electron chi connectivity index (χ0n) is 30.0. The van der Waals surface area contributed by atoms with Crippen molar-refractivity contribution >= 4 is 85.6 Å². The molecule has 0 radical (unpaired) electrons. The zero-order chi connectivity index (χ0) is 36.7. The average Bonchev–Trinajstić information content (AvgIpc) is 3.78. The highest BCUT2D eigenvalue weighted by Crippen LogP contribution is 2.45. The van der Waals surface area contributed by atoms with Crippen molar-refractivity contribution in [2.75, 3.05) is 0 Å². The van der Waals surface area contributed by atoms with Gasteiger partial charge in [0.1, 0.15) is 0 Å². The topological polar surface area (TPSA) is 43.6 Å². The highest BCUT2D eigenvalue weighted by atomic mass is 32.1. The highest BCUT2D eigenvalue weighted by molar-refractivity contribution is 7.26. The quantitative estimate of drug-likeness (QED) is 0.181. The van der Waals surface area contributed by atoms with Crippen LogP contribution in [0.2, 0.25) is 0 Å². The minimum Gasteiger partial charge on any atom is -0.309 e. The molecule has 3 heterocycles. The van der Waals surface area contributed by atoms with E-state index < -0.39 is 0 Å². The molecule has 5 heteroatoms. The Morgan fingerprint density at radius 2 is 1.04 bits per heavy atom. The molecule has 0 saturated heterocycles. The van der Waals surface area contributed by atoms with E-state index in [-0.39, 0.29) is 0 Å². The van der Waals surface area contributed by atoms with Crippen LogP contribution in [0.5, 0.6) is 0 Å². The molecule has 0 spiro atoms. The first-order valence-electron chi connectivity index (χ1n) is 18.9. The van der Waals surface area contributed by atoms with E-state index in [1.807, 2.05) is 29.5 Å². The van der Waals surface area contributed by atoms with Crippen molar-refractivity contribution in [3.8, 4) is 39.9 Å². The lowest BCUT2D eigenvalue weighted by Crippen LogP contribution is -2.01. The second-order valence-corrected chi connectivity index (χ2v) is 15.5. The first kappa shape index (κ1) is 31.2. The number of nitrogens with zero attached hydrogens (tertiary/aromatic N) is 4. The fourth-order valence-electron chi connectivity index (χ4n) is 8.64. The van der Waals surface area contributed by atoms with Gasteiger partial charge in [-0.25, -0.2) is 15.0 Å². The third-order valence-corrected chi connectivity index (χ3v) is 12.3. The standard InChI is InChI=1S/C51H30N4S/c1-2-14-32(15-3-1)49-52-50(40-23-12-19-31-13-6-8-20-37(31)40)54-51(53-49)48-38-21-9-7-18-35(38)29-46-47(48)41-26-25-36(30-45(41)56-46)55-43-24-11-10-22-39(43)42-27-33-16-4-5-17-34(33)28-44(42)55/h1-30H. The number of hydrogen-bond donors (Lipinski definition) is 0. The Morgan fingerprint density at radius 3 is 1.89 bits per heavy atom. The maximum absolute atomic E-state index is 5.37. The molecule has 4 nitrogen and oxygen atoms in total. The molecule has 0 aliphatic heterocycles. The Morgan fingerprint density at radius 1 is 0.375 bits per heavy atom. The SMILES string of the molecule is c1ccc(-c2nc(-c3cccc4ccccc34)nc(-c3c4ccccc4cc4sc5cc(-n6c7ccccc7c7cc8ccccc8cc76)ccc5c34)n2)cc1. The molecule has 12 aromatic rings. The number of hydrogen-bond acceptors (Lipinski definition) is 4. The normalized spacial score (nSPS) is 11.9. The van der Waals surface area contributed by atoms with Crippen LogP contribution in [0.3, 0.4) is 0 Å². The fourth-order valence-corrected chi connectivity index (χ4v) is 9.84. The van der Waals surface area contributed by atoms with Crippen molar-refractivity contribution < 1.29 is 0 Å². The third kappa shape index (κ3) is 4.75. The van der Waals surface area contributed by atoms with Crippen molar-refractivity contribution in [1.29, 1.82) is 0 Å². The first-order valence-corrected chi connectivity index (χ1v) is 19.7. The maximum atomic E-state index is 5.37. The lowest BCUT2D eigenvalue weighted by atomic mass is 9.97. The van der Waals surface area contributed by atoms with Gasteiger partial charge in [-0.15, -0.1) is 11.3 Å². The third-order valence-electron chi connectivity index (χ3n) is 11.2. The van der Waals surface area contributed by atoms with Crippen LogP contribution in [0.15, 0.2) is 182 Å². The molecule has 56 heavy (non-hydrogen) atoms. The number of fused-ring (bicyclic) bond motifs is 9. The molecule has 0 atom stereocenters. The smallest absolute Gasteiger partial charge is 0.165 e. The van der Waals surface area contributed by atoms with Gasteiger partial charge in [0.2, 0.25) is 0 Å². The number of rotatable bonds is 4. The van der Waals surface area contributed by atoms with E-state index in [2.05, 4.69) is 168 Å². The van der Waals surface area contributed by atoms with Gasteiger partial charge in [-0.1, -0.05) is 146 Å². The van der Waals surface area contributed by atoms with Crippen LogP contribution in [-0.4, -0.2) is 19.5 Å². The van der Waals surface area contributed by atoms with Crippen molar-refractivity contribution in [3.05, 3.63) is 182 Å². The van der Waals surface area contributed by atoms with Gasteiger partial charge >= 0.3 is 0 Å². The van der Waals surface area contributed by atoms with E-state index in [0.717, 1.165) is 49.3 Å². The Hall–Kier alpha value is -7.21. The van der Waals surface area contributed by atoms with E-state index in [9.17, 15) is 0 Å².